The number of esters is 1. The predicted octanol–water partition coefficient (Wildman–Crippen LogP) is 1.90. The van der Waals surface area contributed by atoms with Crippen LogP contribution in [-0.4, -0.2) is 18.6 Å². The number of rotatable bonds is 6. The number of carbonyl (C=O) groups is 1. The highest BCUT2D eigenvalue weighted by Gasteiger charge is 2.24. The van der Waals surface area contributed by atoms with Crippen molar-refractivity contribution in [1.82, 2.24) is 0 Å². The fourth-order valence-electron chi connectivity index (χ4n) is 0.765. The third-order valence-electron chi connectivity index (χ3n) is 1.55. The van der Waals surface area contributed by atoms with E-state index in [0.29, 0.717) is 6.42 Å². The Kier molecular flexibility index (Phi) is 5.76. The zero-order chi connectivity index (χ0) is 10.3. The first kappa shape index (κ1) is 11.8. The summed E-state index contributed by atoms with van der Waals surface area (Å²) in [4.78, 5) is 21.4. The van der Waals surface area contributed by atoms with Crippen LogP contribution >= 0.6 is 0 Å². The molecule has 0 unspecified atom stereocenters. The van der Waals surface area contributed by atoms with Gasteiger partial charge in [0, 0.05) is 0 Å². The molecule has 0 aliphatic rings. The van der Waals surface area contributed by atoms with Crippen molar-refractivity contribution in [2.24, 2.45) is 11.1 Å². The van der Waals surface area contributed by atoms with Crippen LogP contribution in [0.1, 0.15) is 20.3 Å². The Bertz CT molecular complexity index is 189. The van der Waals surface area contributed by atoms with Crippen LogP contribution in [0.15, 0.2) is 17.8 Å². The Labute approximate surface area is 77.9 Å². The lowest BCUT2D eigenvalue weighted by atomic mass is 10.1. The van der Waals surface area contributed by atoms with Gasteiger partial charge in [0.05, 0.1) is 6.61 Å². The van der Waals surface area contributed by atoms with Crippen molar-refractivity contribution in [3.8, 4) is 0 Å². The monoisotopic (exact) mass is 185 g/mol. The second-order valence-electron chi connectivity index (χ2n) is 3.04. The molecule has 0 rings (SSSR count). The summed E-state index contributed by atoms with van der Waals surface area (Å²) in [5.41, 5.74) is 0. The van der Waals surface area contributed by atoms with Crippen molar-refractivity contribution in [2.75, 3.05) is 6.61 Å². The number of nitrogens with zero attached hydrogens (tertiary/aromatic N) is 1. The van der Waals surface area contributed by atoms with E-state index in [-0.39, 0.29) is 12.5 Å². The summed E-state index contributed by atoms with van der Waals surface area (Å²) in [6.07, 6.45) is 2.24. The van der Waals surface area contributed by atoms with Gasteiger partial charge in [-0.15, -0.1) is 11.5 Å². The minimum atomic E-state index is -0.884. The van der Waals surface area contributed by atoms with E-state index in [1.54, 1.807) is 19.9 Å². The SMILES string of the molecule is C=CCCOC(=O)[C@@H](N=O)C(C)C. The molecule has 0 radical (unpaired) electrons. The maximum atomic E-state index is 11.1. The second kappa shape index (κ2) is 6.34. The first-order chi connectivity index (χ1) is 6.13. The van der Waals surface area contributed by atoms with E-state index >= 15 is 0 Å². The molecule has 0 N–H and O–H groups in total. The third-order valence-corrected chi connectivity index (χ3v) is 1.55. The normalized spacial score (nSPS) is 12.2. The largest absolute Gasteiger partial charge is 0.464 e. The van der Waals surface area contributed by atoms with Gasteiger partial charge in [-0.3, -0.25) is 0 Å². The highest BCUT2D eigenvalue weighted by Crippen LogP contribution is 2.07. The first-order valence-electron chi connectivity index (χ1n) is 4.23. The number of carbonyl (C=O) groups excluding carboxylic acids is 1. The maximum Gasteiger partial charge on any atom is 0.334 e. The molecule has 0 spiro atoms. The number of hydrogen-bond donors (Lipinski definition) is 0. The number of nitroso groups, excluding NO2 is 1. The van der Waals surface area contributed by atoms with Gasteiger partial charge in [0.1, 0.15) is 0 Å². The van der Waals surface area contributed by atoms with E-state index < -0.39 is 12.0 Å². The Morgan fingerprint density at radius 3 is 2.62 bits per heavy atom. The topological polar surface area (TPSA) is 55.7 Å². The lowest BCUT2D eigenvalue weighted by Gasteiger charge is -2.11. The van der Waals surface area contributed by atoms with Crippen molar-refractivity contribution in [1.29, 1.82) is 0 Å². The van der Waals surface area contributed by atoms with Crippen molar-refractivity contribution < 1.29 is 9.53 Å². The standard InChI is InChI=1S/C9H15NO3/c1-4-5-6-13-9(11)8(10-12)7(2)3/h4,7-8H,1,5-6H2,2-3H3/t8-/m0/s1. The molecule has 0 saturated heterocycles. The molecule has 74 valence electrons. The molecule has 0 aliphatic carbocycles. The maximum absolute atomic E-state index is 11.1. The van der Waals surface area contributed by atoms with Crippen molar-refractivity contribution in [3.63, 3.8) is 0 Å². The Hall–Kier alpha value is -1.19. The fraction of sp³-hybridized carbons (Fsp3) is 0.667. The molecule has 0 aromatic carbocycles. The minimum absolute atomic E-state index is 0.117. The molecular formula is C9H15NO3. The molecule has 4 heteroatoms. The molecule has 0 amide bonds. The Balaban J connectivity index is 3.91. The van der Waals surface area contributed by atoms with Gasteiger partial charge < -0.3 is 4.74 Å². The molecule has 0 bridgehead atoms. The van der Waals surface area contributed by atoms with Gasteiger partial charge in [0.2, 0.25) is 0 Å². The summed E-state index contributed by atoms with van der Waals surface area (Å²) in [6, 6.07) is -0.884. The molecule has 0 saturated carbocycles. The molecule has 0 fully saturated rings. The van der Waals surface area contributed by atoms with E-state index in [4.69, 9.17) is 4.74 Å². The van der Waals surface area contributed by atoms with E-state index in [0.717, 1.165) is 0 Å². The highest BCUT2D eigenvalue weighted by molar-refractivity contribution is 5.76. The summed E-state index contributed by atoms with van der Waals surface area (Å²) in [5.74, 6) is -0.666. The molecule has 4 nitrogen and oxygen atoms in total. The van der Waals surface area contributed by atoms with E-state index in [2.05, 4.69) is 11.8 Å². The number of ether oxygens (including phenoxy) is 1. The molecule has 0 heterocycles. The fourth-order valence-corrected chi connectivity index (χ4v) is 0.765. The van der Waals surface area contributed by atoms with Gasteiger partial charge in [0.25, 0.3) is 0 Å². The smallest absolute Gasteiger partial charge is 0.334 e. The highest BCUT2D eigenvalue weighted by atomic mass is 16.5. The molecule has 0 aromatic rings. The Morgan fingerprint density at radius 1 is 1.62 bits per heavy atom. The molecule has 0 aliphatic heterocycles. The average Bonchev–Trinajstić information content (AvgIpc) is 2.05. The van der Waals surface area contributed by atoms with E-state index in [9.17, 15) is 9.70 Å². The van der Waals surface area contributed by atoms with Gasteiger partial charge in [-0.1, -0.05) is 25.1 Å². The van der Waals surface area contributed by atoms with Crippen LogP contribution < -0.4 is 0 Å². The Morgan fingerprint density at radius 2 is 2.23 bits per heavy atom. The van der Waals surface area contributed by atoms with Crippen molar-refractivity contribution in [3.05, 3.63) is 17.6 Å². The van der Waals surface area contributed by atoms with Crippen LogP contribution in [0.25, 0.3) is 0 Å². The summed E-state index contributed by atoms with van der Waals surface area (Å²) in [5, 5.41) is 2.72. The van der Waals surface area contributed by atoms with Crippen LogP contribution in [0.3, 0.4) is 0 Å². The van der Waals surface area contributed by atoms with E-state index in [1.165, 1.54) is 0 Å². The van der Waals surface area contributed by atoms with Gasteiger partial charge in [-0.25, -0.2) is 4.79 Å². The van der Waals surface area contributed by atoms with Crippen LogP contribution in [-0.2, 0) is 9.53 Å². The predicted molar refractivity (Wildman–Crippen MR) is 50.2 cm³/mol. The van der Waals surface area contributed by atoms with Crippen LogP contribution in [0.5, 0.6) is 0 Å². The van der Waals surface area contributed by atoms with Gasteiger partial charge in [-0.2, -0.15) is 0 Å². The quantitative estimate of drug-likeness (QED) is 0.275. The zero-order valence-corrected chi connectivity index (χ0v) is 8.03. The lowest BCUT2D eigenvalue weighted by Crippen LogP contribution is -2.26. The van der Waals surface area contributed by atoms with E-state index in [1.807, 2.05) is 0 Å². The molecule has 0 aromatic heterocycles. The molecule has 13 heavy (non-hydrogen) atoms. The summed E-state index contributed by atoms with van der Waals surface area (Å²) < 4.78 is 4.79. The second-order valence-corrected chi connectivity index (χ2v) is 3.04. The van der Waals surface area contributed by atoms with Crippen LogP contribution in [0.2, 0.25) is 0 Å². The summed E-state index contributed by atoms with van der Waals surface area (Å²) in [6.45, 7) is 7.25. The first-order valence-corrected chi connectivity index (χ1v) is 4.23. The van der Waals surface area contributed by atoms with Crippen molar-refractivity contribution in [2.45, 2.75) is 26.3 Å². The van der Waals surface area contributed by atoms with Gasteiger partial charge in [0.15, 0.2) is 6.04 Å². The molecule has 1 atom stereocenters. The zero-order valence-electron chi connectivity index (χ0n) is 8.03. The lowest BCUT2D eigenvalue weighted by molar-refractivity contribution is -0.146. The average molecular weight is 185 g/mol. The van der Waals surface area contributed by atoms with Gasteiger partial charge in [-0.05, 0) is 12.3 Å². The third kappa shape index (κ3) is 4.40. The summed E-state index contributed by atoms with van der Waals surface area (Å²) in [7, 11) is 0. The van der Waals surface area contributed by atoms with Crippen LogP contribution in [0.4, 0.5) is 0 Å². The van der Waals surface area contributed by atoms with Gasteiger partial charge >= 0.3 is 5.97 Å². The summed E-state index contributed by atoms with van der Waals surface area (Å²) >= 11 is 0. The number of hydrogen-bond acceptors (Lipinski definition) is 4. The van der Waals surface area contributed by atoms with Crippen LogP contribution in [0, 0.1) is 10.8 Å². The van der Waals surface area contributed by atoms with Crippen molar-refractivity contribution >= 4 is 5.97 Å². The molecular weight excluding hydrogens is 170 g/mol. The minimum Gasteiger partial charge on any atom is -0.464 e.